The zero-order valence-electron chi connectivity index (χ0n) is 10.7. The first-order valence-electron chi connectivity index (χ1n) is 6.39. The molecule has 0 aliphatic carbocycles. The van der Waals surface area contributed by atoms with Crippen molar-refractivity contribution < 1.29 is 9.53 Å². The lowest BCUT2D eigenvalue weighted by Gasteiger charge is -2.26. The third kappa shape index (κ3) is 3.47. The smallest absolute Gasteiger partial charge is 0.220 e. The van der Waals surface area contributed by atoms with E-state index in [-0.39, 0.29) is 5.91 Å². The highest BCUT2D eigenvalue weighted by Gasteiger charge is 2.19. The first kappa shape index (κ1) is 12.9. The van der Waals surface area contributed by atoms with Crippen LogP contribution in [0.2, 0.25) is 0 Å². The van der Waals surface area contributed by atoms with Crippen molar-refractivity contribution in [2.24, 2.45) is 5.92 Å². The molecule has 1 aliphatic rings. The van der Waals surface area contributed by atoms with Gasteiger partial charge in [0.1, 0.15) is 5.75 Å². The van der Waals surface area contributed by atoms with E-state index >= 15 is 0 Å². The molecule has 0 spiro atoms. The van der Waals surface area contributed by atoms with Gasteiger partial charge in [-0.1, -0.05) is 18.2 Å². The lowest BCUT2D eigenvalue weighted by molar-refractivity contribution is -0.122. The Kier molecular flexibility index (Phi) is 4.59. The Bertz CT molecular complexity index is 403. The normalized spacial score (nSPS) is 14.9. The number of ether oxygens (including phenoxy) is 1. The van der Waals surface area contributed by atoms with Crippen LogP contribution in [0, 0.1) is 5.92 Å². The van der Waals surface area contributed by atoms with Crippen molar-refractivity contribution >= 4 is 5.91 Å². The van der Waals surface area contributed by atoms with Crippen LogP contribution in [0.3, 0.4) is 0 Å². The Morgan fingerprint density at radius 3 is 2.89 bits per heavy atom. The van der Waals surface area contributed by atoms with Crippen LogP contribution in [0.5, 0.6) is 5.75 Å². The number of benzene rings is 1. The molecule has 0 bridgehead atoms. The van der Waals surface area contributed by atoms with Crippen LogP contribution in [-0.2, 0) is 11.2 Å². The van der Waals surface area contributed by atoms with Gasteiger partial charge in [0.15, 0.2) is 0 Å². The van der Waals surface area contributed by atoms with Gasteiger partial charge in [-0.3, -0.25) is 4.79 Å². The van der Waals surface area contributed by atoms with Gasteiger partial charge in [-0.25, -0.2) is 0 Å². The van der Waals surface area contributed by atoms with Gasteiger partial charge in [-0.15, -0.1) is 0 Å². The third-order valence-corrected chi connectivity index (χ3v) is 3.25. The van der Waals surface area contributed by atoms with E-state index in [4.69, 9.17) is 4.74 Å². The number of hydrogen-bond acceptors (Lipinski definition) is 3. The molecule has 0 atom stereocenters. The maximum atomic E-state index is 11.6. The largest absolute Gasteiger partial charge is 0.496 e. The molecule has 4 heteroatoms. The Labute approximate surface area is 108 Å². The summed E-state index contributed by atoms with van der Waals surface area (Å²) < 4.78 is 5.27. The molecule has 2 N–H and O–H groups in total. The SMILES string of the molecule is COc1ccccc1CCNC(=O)CC1CNC1. The van der Waals surface area contributed by atoms with E-state index in [1.54, 1.807) is 7.11 Å². The van der Waals surface area contributed by atoms with Crippen molar-refractivity contribution in [3.8, 4) is 5.75 Å². The van der Waals surface area contributed by atoms with Gasteiger partial charge < -0.3 is 15.4 Å². The molecule has 1 heterocycles. The molecule has 2 rings (SSSR count). The van der Waals surface area contributed by atoms with Crippen LogP contribution < -0.4 is 15.4 Å². The van der Waals surface area contributed by atoms with Crippen LogP contribution >= 0.6 is 0 Å². The molecule has 0 aromatic heterocycles. The quantitative estimate of drug-likeness (QED) is 0.788. The molecule has 0 radical (unpaired) electrons. The molecule has 1 fully saturated rings. The molecule has 98 valence electrons. The van der Waals surface area contributed by atoms with Crippen molar-refractivity contribution in [1.29, 1.82) is 0 Å². The standard InChI is InChI=1S/C14H20N2O2/c1-18-13-5-3-2-4-12(13)6-7-16-14(17)8-11-9-15-10-11/h2-5,11,15H,6-10H2,1H3,(H,16,17). The number of amides is 1. The first-order valence-corrected chi connectivity index (χ1v) is 6.39. The highest BCUT2D eigenvalue weighted by molar-refractivity contribution is 5.76. The van der Waals surface area contributed by atoms with Crippen molar-refractivity contribution in [2.75, 3.05) is 26.7 Å². The fraction of sp³-hybridized carbons (Fsp3) is 0.500. The number of carbonyl (C=O) groups is 1. The fourth-order valence-corrected chi connectivity index (χ4v) is 2.07. The van der Waals surface area contributed by atoms with Crippen LogP contribution in [0.4, 0.5) is 0 Å². The number of para-hydroxylation sites is 1. The van der Waals surface area contributed by atoms with Crippen molar-refractivity contribution in [2.45, 2.75) is 12.8 Å². The summed E-state index contributed by atoms with van der Waals surface area (Å²) in [5.41, 5.74) is 1.13. The van der Waals surface area contributed by atoms with Crippen LogP contribution in [-0.4, -0.2) is 32.7 Å². The number of carbonyl (C=O) groups excluding carboxylic acids is 1. The molecular weight excluding hydrogens is 228 g/mol. The molecule has 4 nitrogen and oxygen atoms in total. The van der Waals surface area contributed by atoms with Crippen molar-refractivity contribution in [1.82, 2.24) is 10.6 Å². The Balaban J connectivity index is 1.72. The molecule has 1 saturated heterocycles. The van der Waals surface area contributed by atoms with E-state index in [9.17, 15) is 4.79 Å². The molecule has 0 unspecified atom stereocenters. The number of rotatable bonds is 6. The van der Waals surface area contributed by atoms with Gasteiger partial charge in [-0.2, -0.15) is 0 Å². The predicted octanol–water partition coefficient (Wildman–Crippen LogP) is 0.963. The summed E-state index contributed by atoms with van der Waals surface area (Å²) >= 11 is 0. The predicted molar refractivity (Wildman–Crippen MR) is 70.7 cm³/mol. The highest BCUT2D eigenvalue weighted by atomic mass is 16.5. The minimum atomic E-state index is 0.149. The number of hydrogen-bond donors (Lipinski definition) is 2. The van der Waals surface area contributed by atoms with E-state index in [1.165, 1.54) is 0 Å². The van der Waals surface area contributed by atoms with Gasteiger partial charge in [0, 0.05) is 13.0 Å². The molecule has 18 heavy (non-hydrogen) atoms. The van der Waals surface area contributed by atoms with E-state index in [0.29, 0.717) is 18.9 Å². The van der Waals surface area contributed by atoms with Gasteiger partial charge in [0.25, 0.3) is 0 Å². The molecule has 0 saturated carbocycles. The number of methoxy groups -OCH3 is 1. The lowest BCUT2D eigenvalue weighted by Crippen LogP contribution is -2.44. The second kappa shape index (κ2) is 6.40. The zero-order chi connectivity index (χ0) is 12.8. The molecule has 1 aromatic rings. The van der Waals surface area contributed by atoms with Gasteiger partial charge in [0.05, 0.1) is 7.11 Å². The fourth-order valence-electron chi connectivity index (χ4n) is 2.07. The van der Waals surface area contributed by atoms with Crippen molar-refractivity contribution in [3.05, 3.63) is 29.8 Å². The second-order valence-electron chi connectivity index (χ2n) is 4.64. The summed E-state index contributed by atoms with van der Waals surface area (Å²) in [6.07, 6.45) is 1.44. The Morgan fingerprint density at radius 2 is 2.22 bits per heavy atom. The Hall–Kier alpha value is -1.55. The summed E-state index contributed by atoms with van der Waals surface area (Å²) in [6, 6.07) is 7.91. The highest BCUT2D eigenvalue weighted by Crippen LogP contribution is 2.17. The topological polar surface area (TPSA) is 50.4 Å². The third-order valence-electron chi connectivity index (χ3n) is 3.25. The average molecular weight is 248 g/mol. The summed E-state index contributed by atoms with van der Waals surface area (Å²) in [5.74, 6) is 1.56. The molecular formula is C14H20N2O2. The van der Waals surface area contributed by atoms with E-state index in [1.807, 2.05) is 24.3 Å². The van der Waals surface area contributed by atoms with Gasteiger partial charge in [0.2, 0.25) is 5.91 Å². The van der Waals surface area contributed by atoms with Crippen LogP contribution in [0.25, 0.3) is 0 Å². The molecule has 1 aliphatic heterocycles. The summed E-state index contributed by atoms with van der Waals surface area (Å²) in [7, 11) is 1.67. The second-order valence-corrected chi connectivity index (χ2v) is 4.64. The number of nitrogens with one attached hydrogen (secondary N) is 2. The van der Waals surface area contributed by atoms with Gasteiger partial charge in [-0.05, 0) is 37.1 Å². The monoisotopic (exact) mass is 248 g/mol. The van der Waals surface area contributed by atoms with Crippen molar-refractivity contribution in [3.63, 3.8) is 0 Å². The van der Waals surface area contributed by atoms with Gasteiger partial charge >= 0.3 is 0 Å². The van der Waals surface area contributed by atoms with Crippen LogP contribution in [0.1, 0.15) is 12.0 Å². The lowest BCUT2D eigenvalue weighted by atomic mass is 9.99. The Morgan fingerprint density at radius 1 is 1.44 bits per heavy atom. The maximum Gasteiger partial charge on any atom is 0.220 e. The molecule has 1 amide bonds. The van der Waals surface area contributed by atoms with Crippen LogP contribution in [0.15, 0.2) is 24.3 Å². The zero-order valence-corrected chi connectivity index (χ0v) is 10.7. The van der Waals surface area contributed by atoms with E-state index in [0.717, 1.165) is 30.8 Å². The first-order chi connectivity index (χ1) is 8.79. The average Bonchev–Trinajstić information content (AvgIpc) is 2.34. The minimum absolute atomic E-state index is 0.149. The van der Waals surface area contributed by atoms with E-state index < -0.39 is 0 Å². The minimum Gasteiger partial charge on any atom is -0.496 e. The maximum absolute atomic E-state index is 11.6. The van der Waals surface area contributed by atoms with E-state index in [2.05, 4.69) is 10.6 Å². The summed E-state index contributed by atoms with van der Waals surface area (Å²) in [5, 5.41) is 6.13. The molecule has 1 aromatic carbocycles. The summed E-state index contributed by atoms with van der Waals surface area (Å²) in [6.45, 7) is 2.61. The summed E-state index contributed by atoms with van der Waals surface area (Å²) in [4.78, 5) is 11.6.